The summed E-state index contributed by atoms with van der Waals surface area (Å²) >= 11 is 0. The van der Waals surface area contributed by atoms with Crippen molar-refractivity contribution in [3.8, 4) is 0 Å². The lowest BCUT2D eigenvalue weighted by atomic mass is 9.81. The molecule has 55 heavy (non-hydrogen) atoms. The Morgan fingerprint density at radius 1 is 0.982 bits per heavy atom. The second-order valence-corrected chi connectivity index (χ2v) is 13.9. The third kappa shape index (κ3) is 11.3. The van der Waals surface area contributed by atoms with Gasteiger partial charge in [-0.3, -0.25) is 19.8 Å². The van der Waals surface area contributed by atoms with Crippen molar-refractivity contribution < 1.29 is 84.4 Å². The maximum absolute atomic E-state index is 12.1. The minimum atomic E-state index is -2.39. The van der Waals surface area contributed by atoms with Gasteiger partial charge in [-0.05, 0) is 14.0 Å². The van der Waals surface area contributed by atoms with Crippen LogP contribution in [0.15, 0.2) is 4.99 Å². The van der Waals surface area contributed by atoms with Crippen LogP contribution in [0.1, 0.15) is 27.2 Å². The number of carboxylic acids is 1. The van der Waals surface area contributed by atoms with E-state index in [1.165, 1.54) is 27.8 Å². The SMILES string of the molecule is CC(C)(CO)[C@@H](O)C(=O)NCCC(=O)O.CN[C@@H]1[C@H](O[C@H]2[C@H](O[C@H]3[C@H](O)[C@@H](O)[C@H](N=C(N)N)[C@@H](O)[C@@H]3NC(=N)N)O[C@@H](C)[C@]2(O)C=O)O[C@@H](CO)[C@H](O)[C@H]1O. The predicted octanol–water partition coefficient (Wildman–Crippen LogP) is -8.99. The molecule has 0 aromatic heterocycles. The third-order valence-electron chi connectivity index (χ3n) is 9.43. The van der Waals surface area contributed by atoms with E-state index in [4.69, 9.17) is 51.8 Å². The molecule has 25 nitrogen and oxygen atoms in total. The number of carbonyl (C=O) groups excluding carboxylic acids is 2. The van der Waals surface area contributed by atoms with E-state index >= 15 is 0 Å². The lowest BCUT2D eigenvalue weighted by Crippen LogP contribution is -2.70. The molecule has 0 aromatic carbocycles. The summed E-state index contributed by atoms with van der Waals surface area (Å²) in [7, 11) is 1.42. The summed E-state index contributed by atoms with van der Waals surface area (Å²) in [4.78, 5) is 37.2. The van der Waals surface area contributed by atoms with Crippen molar-refractivity contribution in [3.63, 3.8) is 0 Å². The molecule has 1 aliphatic carbocycles. The zero-order valence-corrected chi connectivity index (χ0v) is 30.6. The number of guanidine groups is 2. The molecular weight excluding hydrogens is 744 g/mol. The van der Waals surface area contributed by atoms with Crippen molar-refractivity contribution in [1.82, 2.24) is 16.0 Å². The summed E-state index contributed by atoms with van der Waals surface area (Å²) in [6.45, 7) is 3.32. The highest BCUT2D eigenvalue weighted by Gasteiger charge is 2.61. The highest BCUT2D eigenvalue weighted by atomic mass is 16.8. The van der Waals surface area contributed by atoms with Gasteiger partial charge in [-0.1, -0.05) is 13.8 Å². The molecule has 3 fully saturated rings. The number of aliphatic hydroxyl groups is 9. The molecule has 0 radical (unpaired) electrons. The van der Waals surface area contributed by atoms with Crippen LogP contribution in [0.4, 0.5) is 0 Å². The molecule has 20 N–H and O–H groups in total. The second-order valence-electron chi connectivity index (χ2n) is 13.9. The van der Waals surface area contributed by atoms with Gasteiger partial charge in [0.15, 0.2) is 36.4 Å². The molecule has 318 valence electrons. The van der Waals surface area contributed by atoms with Gasteiger partial charge in [0, 0.05) is 12.0 Å². The molecule has 0 spiro atoms. The number of carbonyl (C=O) groups is 3. The van der Waals surface area contributed by atoms with E-state index in [0.717, 1.165) is 0 Å². The number of aldehydes is 1. The van der Waals surface area contributed by atoms with Gasteiger partial charge in [0.2, 0.25) is 5.91 Å². The number of hydrogen-bond acceptors (Lipinski definition) is 19. The average molecular weight is 801 g/mol. The summed E-state index contributed by atoms with van der Waals surface area (Å²) in [6.07, 6.45) is -18.8. The molecule has 2 heterocycles. The van der Waals surface area contributed by atoms with Crippen molar-refractivity contribution in [1.29, 1.82) is 5.41 Å². The van der Waals surface area contributed by atoms with Crippen LogP contribution in [0, 0.1) is 10.8 Å². The van der Waals surface area contributed by atoms with Crippen LogP contribution < -0.4 is 33.2 Å². The molecule has 3 aliphatic rings. The first kappa shape index (κ1) is 47.7. The molecule has 0 unspecified atom stereocenters. The van der Waals surface area contributed by atoms with Crippen molar-refractivity contribution in [3.05, 3.63) is 0 Å². The number of nitrogens with one attached hydrogen (secondary N) is 4. The first-order valence-electron chi connectivity index (χ1n) is 17.0. The van der Waals surface area contributed by atoms with Gasteiger partial charge in [-0.25, -0.2) is 4.99 Å². The minimum absolute atomic E-state index is 0.0350. The van der Waals surface area contributed by atoms with Crippen LogP contribution in [0.5, 0.6) is 0 Å². The van der Waals surface area contributed by atoms with Gasteiger partial charge in [-0.15, -0.1) is 0 Å². The van der Waals surface area contributed by atoms with Gasteiger partial charge >= 0.3 is 5.97 Å². The van der Waals surface area contributed by atoms with E-state index in [1.807, 2.05) is 0 Å². The number of ether oxygens (including phenoxy) is 4. The fraction of sp³-hybridized carbons (Fsp3) is 0.833. The van der Waals surface area contributed by atoms with Crippen LogP contribution in [-0.2, 0) is 33.3 Å². The molecule has 3 rings (SSSR count). The Bertz CT molecular complexity index is 1330. The number of likely N-dealkylation sites (N-methyl/N-ethyl adjacent to an activating group) is 1. The normalized spacial score (nSPS) is 38.1. The molecule has 0 aromatic rings. The Morgan fingerprint density at radius 2 is 1.60 bits per heavy atom. The van der Waals surface area contributed by atoms with Gasteiger partial charge in [0.25, 0.3) is 0 Å². The summed E-state index contributed by atoms with van der Waals surface area (Å²) in [5.74, 6) is -2.85. The Morgan fingerprint density at radius 3 is 2.09 bits per heavy atom. The van der Waals surface area contributed by atoms with Gasteiger partial charge in [-0.2, -0.15) is 0 Å². The van der Waals surface area contributed by atoms with E-state index in [2.05, 4.69) is 20.9 Å². The monoisotopic (exact) mass is 800 g/mol. The second kappa shape index (κ2) is 20.1. The van der Waals surface area contributed by atoms with Crippen LogP contribution in [0.2, 0.25) is 0 Å². The highest BCUT2D eigenvalue weighted by molar-refractivity contribution is 5.81. The van der Waals surface area contributed by atoms with Gasteiger partial charge in [0.05, 0.1) is 37.8 Å². The molecule has 25 heteroatoms. The third-order valence-corrected chi connectivity index (χ3v) is 9.43. The van der Waals surface area contributed by atoms with Crippen molar-refractivity contribution >= 4 is 30.1 Å². The summed E-state index contributed by atoms with van der Waals surface area (Å²) in [6, 6.07) is -4.02. The van der Waals surface area contributed by atoms with Gasteiger partial charge < -0.3 is 103 Å². The van der Waals surface area contributed by atoms with E-state index in [1.54, 1.807) is 0 Å². The Hall–Kier alpha value is -3.41. The molecule has 0 bridgehead atoms. The number of rotatable bonds is 15. The summed E-state index contributed by atoms with van der Waals surface area (Å²) in [5, 5.41) is 116. The van der Waals surface area contributed by atoms with E-state index < -0.39 is 133 Å². The predicted molar refractivity (Wildman–Crippen MR) is 184 cm³/mol. The first-order valence-corrected chi connectivity index (χ1v) is 17.0. The Kier molecular flexibility index (Phi) is 17.5. The largest absolute Gasteiger partial charge is 0.481 e. The number of aliphatic hydroxyl groups excluding tert-OH is 8. The van der Waals surface area contributed by atoms with E-state index in [0.29, 0.717) is 0 Å². The standard InChI is InChI=1S/C21H39N7O12.C9H17NO5/c1-5-21(36,4-30)16(40-17-9(26-2)13(34)10(31)6(3-29)38-17)18(37-5)39-15-8(28-20(24)25)11(32)7(27-19(22)23)12(33)14(15)35;1-9(2,5-11)7(14)8(15)10-4-3-6(12)13/h4-18,26,29,31-36H,3H2,1-2H3,(H4,22,23,27)(H4,24,25,28);7,11,14H,3-5H2,1-2H3,(H,10,15)(H,12,13)/t5-,6-,7+,8-,9-,10-,11+,12-,13-,14+,15+,16-,17-,18-,21+;7-/m00/s1. The fourth-order valence-corrected chi connectivity index (χ4v) is 5.96. The zero-order chi connectivity index (χ0) is 42.2. The van der Waals surface area contributed by atoms with Crippen LogP contribution in [0.3, 0.4) is 0 Å². The lowest BCUT2D eigenvalue weighted by Gasteiger charge is -2.46. The number of carboxylic acid groups (broad SMARTS) is 1. The van der Waals surface area contributed by atoms with Crippen LogP contribution in [-0.4, -0.2) is 205 Å². The van der Waals surface area contributed by atoms with E-state index in [9.17, 15) is 55.2 Å². The number of hydrogen-bond donors (Lipinski definition) is 17. The molecule has 1 saturated carbocycles. The van der Waals surface area contributed by atoms with Crippen LogP contribution >= 0.6 is 0 Å². The number of aliphatic carboxylic acids is 1. The maximum Gasteiger partial charge on any atom is 0.305 e. The van der Waals surface area contributed by atoms with E-state index in [-0.39, 0.29) is 25.9 Å². The fourth-order valence-electron chi connectivity index (χ4n) is 5.96. The summed E-state index contributed by atoms with van der Waals surface area (Å²) < 4.78 is 22.9. The molecule has 2 saturated heterocycles. The maximum atomic E-state index is 12.1. The number of amides is 1. The van der Waals surface area contributed by atoms with Crippen molar-refractivity contribution in [2.24, 2.45) is 27.6 Å². The Labute approximate surface area is 314 Å². The average Bonchev–Trinajstić information content (AvgIpc) is 3.35. The summed E-state index contributed by atoms with van der Waals surface area (Å²) in [5.41, 5.74) is 12.9. The molecule has 16 atom stereocenters. The quantitative estimate of drug-likeness (QED) is 0.0415. The highest BCUT2D eigenvalue weighted by Crippen LogP contribution is 2.38. The molecular formula is C30H56N8O17. The number of nitrogens with zero attached hydrogens (tertiary/aromatic N) is 1. The van der Waals surface area contributed by atoms with Crippen LogP contribution in [0.25, 0.3) is 0 Å². The van der Waals surface area contributed by atoms with Crippen molar-refractivity contribution in [2.75, 3.05) is 26.8 Å². The minimum Gasteiger partial charge on any atom is -0.481 e. The number of nitrogens with two attached hydrogens (primary N) is 3. The topological polar surface area (TPSA) is 441 Å². The number of aliphatic imine (C=N–C) groups is 1. The zero-order valence-electron chi connectivity index (χ0n) is 30.6. The lowest BCUT2D eigenvalue weighted by molar-refractivity contribution is -0.314. The molecule has 2 aliphatic heterocycles. The van der Waals surface area contributed by atoms with Crippen molar-refractivity contribution in [2.45, 2.75) is 125 Å². The Balaban J connectivity index is 0.000000588. The first-order chi connectivity index (χ1) is 25.5. The smallest absolute Gasteiger partial charge is 0.305 e. The van der Waals surface area contributed by atoms with Gasteiger partial charge in [0.1, 0.15) is 61.0 Å². The molecule has 1 amide bonds.